The summed E-state index contributed by atoms with van der Waals surface area (Å²) in [6, 6.07) is 3.18. The van der Waals surface area contributed by atoms with Crippen LogP contribution < -0.4 is 10.2 Å². The Balaban J connectivity index is 2.31. The van der Waals surface area contributed by atoms with Gasteiger partial charge in [0.25, 0.3) is 0 Å². The molecule has 1 aromatic heterocycles. The summed E-state index contributed by atoms with van der Waals surface area (Å²) in [5, 5.41) is 3.08. The van der Waals surface area contributed by atoms with E-state index in [1.807, 2.05) is 0 Å². The fourth-order valence-electron chi connectivity index (χ4n) is 2.24. The van der Waals surface area contributed by atoms with Gasteiger partial charge in [0, 0.05) is 33.7 Å². The number of carbonyl (C=O) groups is 1. The zero-order chi connectivity index (χ0) is 15.6. The number of anilines is 1. The minimum absolute atomic E-state index is 0.165. The number of piperazine rings is 1. The largest absolute Gasteiger partial charge is 0.433 e. The fraction of sp³-hybridized carbons (Fsp3) is 0.538. The van der Waals surface area contributed by atoms with Crippen molar-refractivity contribution >= 4 is 11.7 Å². The van der Waals surface area contributed by atoms with E-state index >= 15 is 0 Å². The number of likely N-dealkylation sites (N-methyl/N-ethyl adjacent to an activating group) is 1. The van der Waals surface area contributed by atoms with Crippen LogP contribution in [0, 0.1) is 0 Å². The van der Waals surface area contributed by atoms with Crippen LogP contribution in [0.2, 0.25) is 0 Å². The molecular formula is C13H17F3N4O. The maximum atomic E-state index is 12.8. The molecule has 1 fully saturated rings. The van der Waals surface area contributed by atoms with Gasteiger partial charge in [0.2, 0.25) is 5.91 Å². The highest BCUT2D eigenvalue weighted by atomic mass is 19.4. The molecule has 1 unspecified atom stereocenters. The number of nitrogens with one attached hydrogen (secondary N) is 1. The standard InChI is InChI=1S/C13H17F3N4O/c1-19(2)12(21)9-8-17-6-7-20(9)11-5-3-4-10(18-11)13(14,15)16/h3-5,9,17H,6-8H2,1-2H3. The van der Waals surface area contributed by atoms with Crippen molar-refractivity contribution in [2.45, 2.75) is 12.2 Å². The maximum Gasteiger partial charge on any atom is 0.433 e. The molecule has 1 atom stereocenters. The molecule has 116 valence electrons. The molecule has 0 spiro atoms. The summed E-state index contributed by atoms with van der Waals surface area (Å²) in [6.45, 7) is 1.41. The Morgan fingerprint density at radius 3 is 2.76 bits per heavy atom. The average Bonchev–Trinajstić information content (AvgIpc) is 2.45. The van der Waals surface area contributed by atoms with Crippen molar-refractivity contribution in [3.05, 3.63) is 23.9 Å². The molecule has 0 bridgehead atoms. The van der Waals surface area contributed by atoms with Gasteiger partial charge in [-0.3, -0.25) is 4.79 Å². The third-order valence-electron chi connectivity index (χ3n) is 3.29. The Morgan fingerprint density at radius 2 is 2.14 bits per heavy atom. The maximum absolute atomic E-state index is 12.8. The lowest BCUT2D eigenvalue weighted by atomic mass is 10.1. The predicted octanol–water partition coefficient (Wildman–Crippen LogP) is 0.967. The zero-order valence-corrected chi connectivity index (χ0v) is 11.8. The molecule has 5 nitrogen and oxygen atoms in total. The van der Waals surface area contributed by atoms with E-state index in [9.17, 15) is 18.0 Å². The van der Waals surface area contributed by atoms with Crippen molar-refractivity contribution in [2.75, 3.05) is 38.6 Å². The second-order valence-electron chi connectivity index (χ2n) is 5.02. The van der Waals surface area contributed by atoms with E-state index < -0.39 is 17.9 Å². The van der Waals surface area contributed by atoms with Crippen LogP contribution in [-0.4, -0.2) is 55.6 Å². The number of pyridine rings is 1. The van der Waals surface area contributed by atoms with E-state index in [4.69, 9.17) is 0 Å². The topological polar surface area (TPSA) is 48.5 Å². The van der Waals surface area contributed by atoms with Crippen LogP contribution in [0.5, 0.6) is 0 Å². The first-order chi connectivity index (χ1) is 9.80. The molecule has 1 saturated heterocycles. The highest BCUT2D eigenvalue weighted by Crippen LogP contribution is 2.29. The van der Waals surface area contributed by atoms with Crippen LogP contribution in [0.15, 0.2) is 18.2 Å². The number of rotatable bonds is 2. The molecule has 8 heteroatoms. The van der Waals surface area contributed by atoms with Gasteiger partial charge in [-0.15, -0.1) is 0 Å². The van der Waals surface area contributed by atoms with E-state index in [2.05, 4.69) is 10.3 Å². The minimum Gasteiger partial charge on any atom is -0.347 e. The summed E-state index contributed by atoms with van der Waals surface area (Å²) < 4.78 is 38.3. The van der Waals surface area contributed by atoms with Crippen molar-refractivity contribution in [3.63, 3.8) is 0 Å². The lowest BCUT2D eigenvalue weighted by Crippen LogP contribution is -2.58. The Kier molecular flexibility index (Phi) is 4.36. The van der Waals surface area contributed by atoms with Crippen LogP contribution in [-0.2, 0) is 11.0 Å². The molecule has 0 radical (unpaired) electrons. The van der Waals surface area contributed by atoms with E-state index in [1.165, 1.54) is 17.0 Å². The van der Waals surface area contributed by atoms with Crippen LogP contribution in [0.4, 0.5) is 19.0 Å². The second kappa shape index (κ2) is 5.88. The molecule has 1 aliphatic rings. The highest BCUT2D eigenvalue weighted by Gasteiger charge is 2.35. The number of carbonyl (C=O) groups excluding carboxylic acids is 1. The SMILES string of the molecule is CN(C)C(=O)C1CNCCN1c1cccc(C(F)(F)F)n1. The third kappa shape index (κ3) is 3.44. The molecule has 1 aromatic rings. The monoisotopic (exact) mass is 302 g/mol. The Labute approximate surface area is 120 Å². The predicted molar refractivity (Wildman–Crippen MR) is 71.9 cm³/mol. The molecule has 1 N–H and O–H groups in total. The van der Waals surface area contributed by atoms with E-state index in [0.717, 1.165) is 6.07 Å². The smallest absolute Gasteiger partial charge is 0.347 e. The normalized spacial score (nSPS) is 19.5. The summed E-state index contributed by atoms with van der Waals surface area (Å²) in [4.78, 5) is 18.9. The lowest BCUT2D eigenvalue weighted by Gasteiger charge is -2.37. The van der Waals surface area contributed by atoms with Crippen LogP contribution in [0.1, 0.15) is 5.69 Å². The fourth-order valence-corrected chi connectivity index (χ4v) is 2.24. The number of hydrogen-bond acceptors (Lipinski definition) is 4. The zero-order valence-electron chi connectivity index (χ0n) is 11.8. The summed E-state index contributed by atoms with van der Waals surface area (Å²) in [7, 11) is 3.24. The number of hydrogen-bond donors (Lipinski definition) is 1. The van der Waals surface area contributed by atoms with Gasteiger partial charge in [-0.1, -0.05) is 6.07 Å². The Hall–Kier alpha value is -1.83. The first-order valence-electron chi connectivity index (χ1n) is 6.53. The van der Waals surface area contributed by atoms with Crippen LogP contribution in [0.25, 0.3) is 0 Å². The summed E-state index contributed by atoms with van der Waals surface area (Å²) in [5.41, 5.74) is -0.949. The third-order valence-corrected chi connectivity index (χ3v) is 3.29. The summed E-state index contributed by atoms with van der Waals surface area (Å²) >= 11 is 0. The quantitative estimate of drug-likeness (QED) is 0.884. The molecule has 1 aliphatic heterocycles. The first-order valence-corrected chi connectivity index (χ1v) is 6.53. The minimum atomic E-state index is -4.49. The summed E-state index contributed by atoms with van der Waals surface area (Å²) in [5.74, 6) is 0.00735. The van der Waals surface area contributed by atoms with E-state index in [-0.39, 0.29) is 11.7 Å². The molecule has 0 aromatic carbocycles. The number of alkyl halides is 3. The van der Waals surface area contributed by atoms with Gasteiger partial charge >= 0.3 is 6.18 Å². The number of amides is 1. The molecule has 0 aliphatic carbocycles. The average molecular weight is 302 g/mol. The van der Waals surface area contributed by atoms with Gasteiger partial charge in [-0.25, -0.2) is 4.98 Å². The van der Waals surface area contributed by atoms with E-state index in [1.54, 1.807) is 19.0 Å². The van der Waals surface area contributed by atoms with Gasteiger partial charge in [0.05, 0.1) is 0 Å². The van der Waals surface area contributed by atoms with Crippen molar-refractivity contribution in [3.8, 4) is 0 Å². The molecular weight excluding hydrogens is 285 g/mol. The second-order valence-corrected chi connectivity index (χ2v) is 5.02. The highest BCUT2D eigenvalue weighted by molar-refractivity contribution is 5.85. The number of nitrogens with zero attached hydrogens (tertiary/aromatic N) is 3. The van der Waals surface area contributed by atoms with Gasteiger partial charge in [0.15, 0.2) is 0 Å². The molecule has 2 heterocycles. The molecule has 2 rings (SSSR count). The van der Waals surface area contributed by atoms with Gasteiger partial charge in [-0.2, -0.15) is 13.2 Å². The van der Waals surface area contributed by atoms with Gasteiger partial charge in [0.1, 0.15) is 17.6 Å². The van der Waals surface area contributed by atoms with Crippen molar-refractivity contribution in [1.82, 2.24) is 15.2 Å². The van der Waals surface area contributed by atoms with Crippen molar-refractivity contribution in [2.24, 2.45) is 0 Å². The molecule has 0 saturated carbocycles. The molecule has 1 amide bonds. The van der Waals surface area contributed by atoms with Gasteiger partial charge in [-0.05, 0) is 12.1 Å². The molecule has 21 heavy (non-hydrogen) atoms. The van der Waals surface area contributed by atoms with Crippen molar-refractivity contribution < 1.29 is 18.0 Å². The number of aromatic nitrogens is 1. The lowest BCUT2D eigenvalue weighted by molar-refractivity contribution is -0.141. The number of halogens is 3. The first kappa shape index (κ1) is 15.6. The Bertz CT molecular complexity index is 518. The van der Waals surface area contributed by atoms with E-state index in [0.29, 0.717) is 19.6 Å². The Morgan fingerprint density at radius 1 is 1.43 bits per heavy atom. The van der Waals surface area contributed by atoms with Gasteiger partial charge < -0.3 is 15.1 Å². The van der Waals surface area contributed by atoms with Crippen molar-refractivity contribution in [1.29, 1.82) is 0 Å². The van der Waals surface area contributed by atoms with Crippen LogP contribution in [0.3, 0.4) is 0 Å². The summed E-state index contributed by atoms with van der Waals surface area (Å²) in [6.07, 6.45) is -4.49. The van der Waals surface area contributed by atoms with Crippen LogP contribution >= 0.6 is 0 Å².